The Hall–Kier alpha value is -2.43. The quantitative estimate of drug-likeness (QED) is 0.937. The van der Waals surface area contributed by atoms with Crippen LogP contribution < -0.4 is 5.32 Å². The molecule has 3 rings (SSSR count). The topological polar surface area (TPSA) is 32.3 Å². The molecule has 1 saturated heterocycles. The molecule has 120 valence electrons. The Kier molecular flexibility index (Phi) is 4.55. The Morgan fingerprint density at radius 1 is 1.00 bits per heavy atom. The van der Waals surface area contributed by atoms with Crippen LogP contribution in [0.5, 0.6) is 0 Å². The van der Waals surface area contributed by atoms with Crippen LogP contribution in [0.25, 0.3) is 0 Å². The number of rotatable bonds is 3. The van der Waals surface area contributed by atoms with Gasteiger partial charge in [0.15, 0.2) is 0 Å². The molecular formula is C18H18F2N2O. The Balaban J connectivity index is 1.57. The summed E-state index contributed by atoms with van der Waals surface area (Å²) in [5.41, 5.74) is 1.13. The lowest BCUT2D eigenvalue weighted by Crippen LogP contribution is -2.42. The number of hydrogen-bond donors (Lipinski definition) is 1. The fourth-order valence-corrected chi connectivity index (χ4v) is 2.86. The van der Waals surface area contributed by atoms with Crippen LogP contribution in [0.3, 0.4) is 0 Å². The molecule has 3 nitrogen and oxygen atoms in total. The summed E-state index contributed by atoms with van der Waals surface area (Å²) in [5, 5.41) is 3.14. The SMILES string of the molecule is O=C(c1ccccc1)N1CCC(Nc2cc(F)cc(F)c2)CC1. The van der Waals surface area contributed by atoms with Crippen molar-refractivity contribution < 1.29 is 13.6 Å². The summed E-state index contributed by atoms with van der Waals surface area (Å²) in [6, 6.07) is 12.7. The van der Waals surface area contributed by atoms with Gasteiger partial charge < -0.3 is 10.2 Å². The first-order valence-corrected chi connectivity index (χ1v) is 7.69. The predicted molar refractivity (Wildman–Crippen MR) is 85.3 cm³/mol. The van der Waals surface area contributed by atoms with Crippen molar-refractivity contribution in [3.63, 3.8) is 0 Å². The lowest BCUT2D eigenvalue weighted by Gasteiger charge is -2.33. The van der Waals surface area contributed by atoms with E-state index in [0.29, 0.717) is 24.3 Å². The molecule has 0 aliphatic carbocycles. The molecule has 23 heavy (non-hydrogen) atoms. The van der Waals surface area contributed by atoms with Crippen molar-refractivity contribution in [1.82, 2.24) is 4.90 Å². The van der Waals surface area contributed by atoms with E-state index in [1.165, 1.54) is 12.1 Å². The number of likely N-dealkylation sites (tertiary alicyclic amines) is 1. The third-order valence-electron chi connectivity index (χ3n) is 4.04. The van der Waals surface area contributed by atoms with Crippen LogP contribution >= 0.6 is 0 Å². The molecule has 0 atom stereocenters. The van der Waals surface area contributed by atoms with Crippen molar-refractivity contribution in [3.8, 4) is 0 Å². The fraction of sp³-hybridized carbons (Fsp3) is 0.278. The molecule has 0 aromatic heterocycles. The molecule has 1 amide bonds. The lowest BCUT2D eigenvalue weighted by atomic mass is 10.0. The van der Waals surface area contributed by atoms with Gasteiger partial charge in [0.2, 0.25) is 0 Å². The van der Waals surface area contributed by atoms with E-state index in [1.807, 2.05) is 35.2 Å². The zero-order valence-corrected chi connectivity index (χ0v) is 12.6. The summed E-state index contributed by atoms with van der Waals surface area (Å²) in [4.78, 5) is 14.2. The summed E-state index contributed by atoms with van der Waals surface area (Å²) in [5.74, 6) is -1.16. The first-order chi connectivity index (χ1) is 11.1. The molecule has 1 fully saturated rings. The van der Waals surface area contributed by atoms with Gasteiger partial charge in [0, 0.05) is 36.4 Å². The second-order valence-electron chi connectivity index (χ2n) is 5.73. The number of hydrogen-bond acceptors (Lipinski definition) is 2. The predicted octanol–water partition coefficient (Wildman–Crippen LogP) is 3.68. The van der Waals surface area contributed by atoms with Crippen molar-refractivity contribution >= 4 is 11.6 Å². The molecule has 0 radical (unpaired) electrons. The summed E-state index contributed by atoms with van der Waals surface area (Å²) in [6.45, 7) is 1.26. The molecule has 1 aliphatic rings. The monoisotopic (exact) mass is 316 g/mol. The molecular weight excluding hydrogens is 298 g/mol. The zero-order chi connectivity index (χ0) is 16.2. The number of piperidine rings is 1. The Labute approximate surface area is 133 Å². The minimum atomic E-state index is -0.593. The number of amides is 1. The van der Waals surface area contributed by atoms with Gasteiger partial charge in [-0.1, -0.05) is 18.2 Å². The molecule has 1 aliphatic heterocycles. The number of nitrogens with zero attached hydrogens (tertiary/aromatic N) is 1. The number of carbonyl (C=O) groups excluding carboxylic acids is 1. The average molecular weight is 316 g/mol. The number of halogens is 2. The Bertz CT molecular complexity index is 662. The van der Waals surface area contributed by atoms with E-state index in [-0.39, 0.29) is 11.9 Å². The van der Waals surface area contributed by atoms with Crippen LogP contribution in [0.15, 0.2) is 48.5 Å². The minimum absolute atomic E-state index is 0.0286. The van der Waals surface area contributed by atoms with Gasteiger partial charge in [-0.25, -0.2) is 8.78 Å². The van der Waals surface area contributed by atoms with Crippen LogP contribution in [0, 0.1) is 11.6 Å². The number of anilines is 1. The molecule has 1 heterocycles. The minimum Gasteiger partial charge on any atom is -0.382 e. The second kappa shape index (κ2) is 6.77. The second-order valence-corrected chi connectivity index (χ2v) is 5.73. The molecule has 5 heteroatoms. The molecule has 0 spiro atoms. The van der Waals surface area contributed by atoms with E-state index in [9.17, 15) is 13.6 Å². The standard InChI is InChI=1S/C18H18F2N2O/c19-14-10-15(20)12-17(11-14)21-16-6-8-22(9-7-16)18(23)13-4-2-1-3-5-13/h1-5,10-12,16,21H,6-9H2. The van der Waals surface area contributed by atoms with Crippen molar-refractivity contribution in [2.75, 3.05) is 18.4 Å². The Morgan fingerprint density at radius 3 is 2.22 bits per heavy atom. The van der Waals surface area contributed by atoms with Gasteiger partial charge in [-0.2, -0.15) is 0 Å². The molecule has 2 aromatic rings. The molecule has 2 aromatic carbocycles. The number of carbonyl (C=O) groups is 1. The van der Waals surface area contributed by atoms with Crippen LogP contribution in [0.4, 0.5) is 14.5 Å². The summed E-state index contributed by atoms with van der Waals surface area (Å²) in [6.07, 6.45) is 1.49. The smallest absolute Gasteiger partial charge is 0.253 e. The highest BCUT2D eigenvalue weighted by molar-refractivity contribution is 5.94. The third kappa shape index (κ3) is 3.86. The van der Waals surface area contributed by atoms with E-state index < -0.39 is 11.6 Å². The largest absolute Gasteiger partial charge is 0.382 e. The maximum absolute atomic E-state index is 13.2. The third-order valence-corrected chi connectivity index (χ3v) is 4.04. The Morgan fingerprint density at radius 2 is 1.61 bits per heavy atom. The lowest BCUT2D eigenvalue weighted by molar-refractivity contribution is 0.0718. The van der Waals surface area contributed by atoms with Crippen LogP contribution in [-0.2, 0) is 0 Å². The first-order valence-electron chi connectivity index (χ1n) is 7.69. The van der Waals surface area contributed by atoms with Gasteiger partial charge in [-0.05, 0) is 37.1 Å². The van der Waals surface area contributed by atoms with Crippen molar-refractivity contribution in [2.45, 2.75) is 18.9 Å². The van der Waals surface area contributed by atoms with Gasteiger partial charge >= 0.3 is 0 Å². The first kappa shape index (κ1) is 15.5. The van der Waals surface area contributed by atoms with Crippen LogP contribution in [-0.4, -0.2) is 29.9 Å². The normalized spacial score (nSPS) is 15.5. The highest BCUT2D eigenvalue weighted by Crippen LogP contribution is 2.20. The molecule has 1 N–H and O–H groups in total. The van der Waals surface area contributed by atoms with E-state index in [0.717, 1.165) is 18.9 Å². The summed E-state index contributed by atoms with van der Waals surface area (Å²) in [7, 11) is 0. The van der Waals surface area contributed by atoms with Gasteiger partial charge in [-0.15, -0.1) is 0 Å². The molecule has 0 bridgehead atoms. The van der Waals surface area contributed by atoms with Gasteiger partial charge in [0.05, 0.1) is 0 Å². The average Bonchev–Trinajstić information content (AvgIpc) is 2.55. The van der Waals surface area contributed by atoms with Gasteiger partial charge in [-0.3, -0.25) is 4.79 Å². The summed E-state index contributed by atoms with van der Waals surface area (Å²) >= 11 is 0. The van der Waals surface area contributed by atoms with E-state index in [2.05, 4.69) is 5.32 Å². The zero-order valence-electron chi connectivity index (χ0n) is 12.6. The van der Waals surface area contributed by atoms with Crippen molar-refractivity contribution in [2.24, 2.45) is 0 Å². The van der Waals surface area contributed by atoms with Crippen molar-refractivity contribution in [1.29, 1.82) is 0 Å². The van der Waals surface area contributed by atoms with E-state index >= 15 is 0 Å². The van der Waals surface area contributed by atoms with Crippen LogP contribution in [0.2, 0.25) is 0 Å². The molecule has 0 saturated carbocycles. The maximum atomic E-state index is 13.2. The van der Waals surface area contributed by atoms with E-state index in [4.69, 9.17) is 0 Å². The molecule has 0 unspecified atom stereocenters. The fourth-order valence-electron chi connectivity index (χ4n) is 2.86. The number of benzene rings is 2. The van der Waals surface area contributed by atoms with E-state index in [1.54, 1.807) is 0 Å². The van der Waals surface area contributed by atoms with Gasteiger partial charge in [0.1, 0.15) is 11.6 Å². The highest BCUT2D eigenvalue weighted by atomic mass is 19.1. The van der Waals surface area contributed by atoms with Gasteiger partial charge in [0.25, 0.3) is 5.91 Å². The highest BCUT2D eigenvalue weighted by Gasteiger charge is 2.23. The van der Waals surface area contributed by atoms with Crippen LogP contribution in [0.1, 0.15) is 23.2 Å². The number of nitrogens with one attached hydrogen (secondary N) is 1. The maximum Gasteiger partial charge on any atom is 0.253 e. The van der Waals surface area contributed by atoms with Crippen molar-refractivity contribution in [3.05, 3.63) is 65.7 Å². The summed E-state index contributed by atoms with van der Waals surface area (Å²) < 4.78 is 26.4.